The van der Waals surface area contributed by atoms with Crippen LogP contribution in [0.4, 0.5) is 11.4 Å². The highest BCUT2D eigenvalue weighted by atomic mass is 32.2. The van der Waals surface area contributed by atoms with E-state index in [1.807, 2.05) is 0 Å². The van der Waals surface area contributed by atoms with Crippen molar-refractivity contribution in [2.45, 2.75) is 11.3 Å². The predicted molar refractivity (Wildman–Crippen MR) is 79.9 cm³/mol. The maximum absolute atomic E-state index is 11.3. The Hall–Kier alpha value is -1.32. The van der Waals surface area contributed by atoms with Crippen LogP contribution in [0.1, 0.15) is 6.42 Å². The fraction of sp³-hybridized carbons (Fsp3) is 0.455. The van der Waals surface area contributed by atoms with Gasteiger partial charge in [0.2, 0.25) is 10.0 Å². The summed E-state index contributed by atoms with van der Waals surface area (Å²) in [4.78, 5) is 0.166. The number of sulfonamides is 1. The quantitative estimate of drug-likeness (QED) is 0.481. The molecule has 0 aliphatic heterocycles. The van der Waals surface area contributed by atoms with Crippen LogP contribution in [-0.4, -0.2) is 42.4 Å². The lowest BCUT2D eigenvalue weighted by Crippen LogP contribution is -2.24. The summed E-state index contributed by atoms with van der Waals surface area (Å²) in [5.41, 5.74) is 6.72. The monoisotopic (exact) mass is 321 g/mol. The third kappa shape index (κ3) is 5.76. The van der Waals surface area contributed by atoms with Crippen LogP contribution in [0.15, 0.2) is 23.1 Å². The molecule has 1 rings (SSSR count). The fourth-order valence-electron chi connectivity index (χ4n) is 1.50. The second-order valence-corrected chi connectivity index (χ2v) is 8.32. The van der Waals surface area contributed by atoms with Gasteiger partial charge in [-0.15, -0.1) is 0 Å². The SMILES string of the molecule is CS(=O)(=O)NCCCNc1ccc(S(C)(=O)=O)cc1N. The minimum absolute atomic E-state index is 0.166. The topological polar surface area (TPSA) is 118 Å². The Kier molecular flexibility index (Phi) is 5.37. The molecule has 0 aliphatic rings. The molecule has 20 heavy (non-hydrogen) atoms. The molecule has 0 atom stereocenters. The molecule has 7 nitrogen and oxygen atoms in total. The third-order valence-corrected chi connectivity index (χ3v) is 4.32. The highest BCUT2D eigenvalue weighted by molar-refractivity contribution is 7.90. The molecule has 0 radical (unpaired) electrons. The fourth-order valence-corrected chi connectivity index (χ4v) is 2.67. The van der Waals surface area contributed by atoms with Crippen molar-refractivity contribution < 1.29 is 16.8 Å². The predicted octanol–water partition coefficient (Wildman–Crippen LogP) is 0.0235. The first-order chi connectivity index (χ1) is 9.09. The average Bonchev–Trinajstić information content (AvgIpc) is 2.27. The number of anilines is 2. The van der Waals surface area contributed by atoms with E-state index in [1.54, 1.807) is 6.07 Å². The molecule has 0 bridgehead atoms. The molecule has 4 N–H and O–H groups in total. The molecule has 0 amide bonds. The highest BCUT2D eigenvalue weighted by Gasteiger charge is 2.09. The van der Waals surface area contributed by atoms with Crippen LogP contribution in [0.2, 0.25) is 0 Å². The van der Waals surface area contributed by atoms with Crippen molar-refractivity contribution >= 4 is 31.2 Å². The molecule has 1 aromatic carbocycles. The zero-order valence-electron chi connectivity index (χ0n) is 11.4. The van der Waals surface area contributed by atoms with Gasteiger partial charge in [0.1, 0.15) is 0 Å². The summed E-state index contributed by atoms with van der Waals surface area (Å²) in [5, 5.41) is 3.02. The van der Waals surface area contributed by atoms with Crippen molar-refractivity contribution in [2.24, 2.45) is 0 Å². The van der Waals surface area contributed by atoms with Gasteiger partial charge in [-0.1, -0.05) is 0 Å². The first-order valence-corrected chi connectivity index (χ1v) is 9.66. The Morgan fingerprint density at radius 2 is 1.75 bits per heavy atom. The molecule has 0 spiro atoms. The van der Waals surface area contributed by atoms with Crippen LogP contribution in [-0.2, 0) is 19.9 Å². The molecule has 0 fully saturated rings. The van der Waals surface area contributed by atoms with E-state index >= 15 is 0 Å². The number of nitrogens with one attached hydrogen (secondary N) is 2. The number of nitrogen functional groups attached to an aromatic ring is 1. The van der Waals surface area contributed by atoms with Gasteiger partial charge in [0.15, 0.2) is 9.84 Å². The first-order valence-electron chi connectivity index (χ1n) is 5.88. The maximum atomic E-state index is 11.3. The van der Waals surface area contributed by atoms with E-state index in [-0.39, 0.29) is 4.90 Å². The van der Waals surface area contributed by atoms with Crippen molar-refractivity contribution in [3.05, 3.63) is 18.2 Å². The Balaban J connectivity index is 2.54. The number of nitrogens with two attached hydrogens (primary N) is 1. The second kappa shape index (κ2) is 6.42. The number of rotatable bonds is 7. The third-order valence-electron chi connectivity index (χ3n) is 2.48. The second-order valence-electron chi connectivity index (χ2n) is 4.47. The van der Waals surface area contributed by atoms with Crippen LogP contribution in [0.5, 0.6) is 0 Å². The highest BCUT2D eigenvalue weighted by Crippen LogP contribution is 2.22. The number of hydrogen-bond donors (Lipinski definition) is 3. The molecule has 0 saturated heterocycles. The van der Waals surface area contributed by atoms with Gasteiger partial charge < -0.3 is 11.1 Å². The number of benzene rings is 1. The zero-order chi connectivity index (χ0) is 15.4. The van der Waals surface area contributed by atoms with Crippen LogP contribution in [0.25, 0.3) is 0 Å². The standard InChI is InChI=1S/C11H19N3O4S2/c1-19(15,16)9-4-5-11(10(12)8-9)13-6-3-7-14-20(2,17)18/h4-5,8,13-14H,3,6-7,12H2,1-2H3. The molecular weight excluding hydrogens is 302 g/mol. The van der Waals surface area contributed by atoms with Gasteiger partial charge in [-0.2, -0.15) is 0 Å². The summed E-state index contributed by atoms with van der Waals surface area (Å²) in [6, 6.07) is 4.46. The molecule has 0 saturated carbocycles. The molecule has 0 unspecified atom stereocenters. The molecule has 0 heterocycles. The van der Waals surface area contributed by atoms with Crippen molar-refractivity contribution in [1.29, 1.82) is 0 Å². The van der Waals surface area contributed by atoms with E-state index < -0.39 is 19.9 Å². The molecule has 9 heteroatoms. The van der Waals surface area contributed by atoms with Crippen molar-refractivity contribution in [3.8, 4) is 0 Å². The van der Waals surface area contributed by atoms with Gasteiger partial charge in [-0.3, -0.25) is 0 Å². The normalized spacial score (nSPS) is 12.3. The summed E-state index contributed by atoms with van der Waals surface area (Å²) in [5.74, 6) is 0. The Bertz CT molecular complexity index is 669. The molecule has 1 aromatic rings. The van der Waals surface area contributed by atoms with E-state index in [4.69, 9.17) is 5.73 Å². The summed E-state index contributed by atoms with van der Waals surface area (Å²) in [7, 11) is -6.44. The number of hydrogen-bond acceptors (Lipinski definition) is 6. The largest absolute Gasteiger partial charge is 0.397 e. The van der Waals surface area contributed by atoms with Crippen LogP contribution in [0.3, 0.4) is 0 Å². The minimum atomic E-state index is -3.27. The van der Waals surface area contributed by atoms with E-state index in [9.17, 15) is 16.8 Å². The van der Waals surface area contributed by atoms with E-state index in [0.29, 0.717) is 30.9 Å². The average molecular weight is 321 g/mol. The van der Waals surface area contributed by atoms with Gasteiger partial charge in [-0.05, 0) is 24.6 Å². The van der Waals surface area contributed by atoms with Gasteiger partial charge in [0.05, 0.1) is 22.5 Å². The van der Waals surface area contributed by atoms with Crippen LogP contribution in [0, 0.1) is 0 Å². The maximum Gasteiger partial charge on any atom is 0.208 e. The first kappa shape index (κ1) is 16.7. The summed E-state index contributed by atoms with van der Waals surface area (Å²) >= 11 is 0. The Labute approximate surface area is 119 Å². The lowest BCUT2D eigenvalue weighted by atomic mass is 10.2. The van der Waals surface area contributed by atoms with E-state index in [1.165, 1.54) is 12.1 Å². The van der Waals surface area contributed by atoms with E-state index in [2.05, 4.69) is 10.0 Å². The number of sulfone groups is 1. The lowest BCUT2D eigenvalue weighted by Gasteiger charge is -2.10. The molecule has 114 valence electrons. The molecular formula is C11H19N3O4S2. The van der Waals surface area contributed by atoms with Gasteiger partial charge in [0.25, 0.3) is 0 Å². The molecule has 0 aliphatic carbocycles. The minimum Gasteiger partial charge on any atom is -0.397 e. The van der Waals surface area contributed by atoms with Crippen LogP contribution < -0.4 is 15.8 Å². The zero-order valence-corrected chi connectivity index (χ0v) is 13.0. The van der Waals surface area contributed by atoms with Crippen LogP contribution >= 0.6 is 0 Å². The summed E-state index contributed by atoms with van der Waals surface area (Å²) < 4.78 is 46.8. The summed E-state index contributed by atoms with van der Waals surface area (Å²) in [6.07, 6.45) is 2.80. The summed E-state index contributed by atoms with van der Waals surface area (Å²) in [6.45, 7) is 0.845. The Morgan fingerprint density at radius 1 is 1.10 bits per heavy atom. The molecule has 0 aromatic heterocycles. The Morgan fingerprint density at radius 3 is 2.25 bits per heavy atom. The van der Waals surface area contributed by atoms with E-state index in [0.717, 1.165) is 12.5 Å². The van der Waals surface area contributed by atoms with Gasteiger partial charge in [0, 0.05) is 19.3 Å². The van der Waals surface area contributed by atoms with Crippen molar-refractivity contribution in [1.82, 2.24) is 4.72 Å². The lowest BCUT2D eigenvalue weighted by molar-refractivity contribution is 0.586. The van der Waals surface area contributed by atoms with Gasteiger partial charge >= 0.3 is 0 Å². The van der Waals surface area contributed by atoms with Crippen molar-refractivity contribution in [3.63, 3.8) is 0 Å². The van der Waals surface area contributed by atoms with Crippen molar-refractivity contribution in [2.75, 3.05) is 36.7 Å². The smallest absolute Gasteiger partial charge is 0.208 e. The van der Waals surface area contributed by atoms with Gasteiger partial charge in [-0.25, -0.2) is 21.6 Å².